The molecule has 0 aliphatic heterocycles. The molecule has 3 aliphatic carbocycles. The van der Waals surface area contributed by atoms with Crippen LogP contribution in [0.2, 0.25) is 0 Å². The van der Waals surface area contributed by atoms with Gasteiger partial charge in [0.25, 0.3) is 0 Å². The normalized spacial score (nSPS) is 33.4. The minimum atomic E-state index is 0.543. The van der Waals surface area contributed by atoms with Crippen LogP contribution in [0.4, 0.5) is 0 Å². The third-order valence-electron chi connectivity index (χ3n) is 5.65. The van der Waals surface area contributed by atoms with Gasteiger partial charge in [0.1, 0.15) is 0 Å². The summed E-state index contributed by atoms with van der Waals surface area (Å²) in [6.45, 7) is 0. The average Bonchev–Trinajstić information content (AvgIpc) is 3.34. The lowest BCUT2D eigenvalue weighted by molar-refractivity contribution is 0.400. The third kappa shape index (κ3) is 2.11. The van der Waals surface area contributed by atoms with Gasteiger partial charge in [0.2, 0.25) is 0 Å². The largest absolute Gasteiger partial charge is 0.271 e. The molecule has 1 aromatic rings. The van der Waals surface area contributed by atoms with Gasteiger partial charge in [-0.2, -0.15) is 0 Å². The van der Waals surface area contributed by atoms with Gasteiger partial charge in [-0.05, 0) is 60.5 Å². The number of hydrogen-bond acceptors (Lipinski definition) is 2. The summed E-state index contributed by atoms with van der Waals surface area (Å²) in [7, 11) is 0. The van der Waals surface area contributed by atoms with E-state index in [0.29, 0.717) is 6.04 Å². The van der Waals surface area contributed by atoms with Gasteiger partial charge in [0.15, 0.2) is 0 Å². The molecule has 102 valence electrons. The number of fused-ring (bicyclic) bond motifs is 3. The Kier molecular flexibility index (Phi) is 2.89. The Morgan fingerprint density at radius 2 is 2.05 bits per heavy atom. The van der Waals surface area contributed by atoms with Crippen LogP contribution in [0.25, 0.3) is 0 Å². The molecule has 2 fully saturated rings. The molecule has 3 N–H and O–H groups in total. The summed E-state index contributed by atoms with van der Waals surface area (Å²) < 4.78 is 0. The molecule has 19 heavy (non-hydrogen) atoms. The van der Waals surface area contributed by atoms with Gasteiger partial charge in [0, 0.05) is 6.04 Å². The van der Waals surface area contributed by atoms with Crippen LogP contribution in [0.5, 0.6) is 0 Å². The fourth-order valence-corrected chi connectivity index (χ4v) is 4.38. The number of hydrazine groups is 1. The van der Waals surface area contributed by atoms with Gasteiger partial charge in [-0.25, -0.2) is 0 Å². The van der Waals surface area contributed by atoms with Crippen LogP contribution in [0, 0.1) is 17.8 Å². The van der Waals surface area contributed by atoms with Crippen molar-refractivity contribution in [2.75, 3.05) is 0 Å². The van der Waals surface area contributed by atoms with Crippen LogP contribution in [0.15, 0.2) is 24.3 Å². The zero-order chi connectivity index (χ0) is 12.8. The molecule has 4 rings (SSSR count). The highest BCUT2D eigenvalue weighted by molar-refractivity contribution is 5.40. The molecule has 4 unspecified atom stereocenters. The zero-order valence-electron chi connectivity index (χ0n) is 11.5. The van der Waals surface area contributed by atoms with Gasteiger partial charge >= 0.3 is 0 Å². The second kappa shape index (κ2) is 4.60. The lowest BCUT2D eigenvalue weighted by atomic mass is 9.92. The van der Waals surface area contributed by atoms with E-state index in [9.17, 15) is 0 Å². The zero-order valence-corrected chi connectivity index (χ0v) is 11.5. The van der Waals surface area contributed by atoms with E-state index in [4.69, 9.17) is 5.84 Å². The number of benzene rings is 1. The van der Waals surface area contributed by atoms with Gasteiger partial charge in [-0.15, -0.1) is 0 Å². The maximum absolute atomic E-state index is 5.84. The van der Waals surface area contributed by atoms with E-state index in [2.05, 4.69) is 29.7 Å². The highest BCUT2D eigenvalue weighted by Crippen LogP contribution is 2.61. The highest BCUT2D eigenvalue weighted by atomic mass is 15.2. The van der Waals surface area contributed by atoms with Crippen LogP contribution < -0.4 is 11.3 Å². The summed E-state index contributed by atoms with van der Waals surface area (Å²) >= 11 is 0. The number of aryl methyl sites for hydroxylation is 1. The lowest BCUT2D eigenvalue weighted by Gasteiger charge is -2.16. The first-order valence-electron chi connectivity index (χ1n) is 7.92. The molecule has 0 saturated heterocycles. The van der Waals surface area contributed by atoms with Crippen molar-refractivity contribution in [1.82, 2.24) is 5.43 Å². The summed E-state index contributed by atoms with van der Waals surface area (Å²) in [6.07, 6.45) is 8.21. The van der Waals surface area contributed by atoms with Crippen molar-refractivity contribution in [3.63, 3.8) is 0 Å². The molecule has 0 heterocycles. The molecular weight excluding hydrogens is 232 g/mol. The Morgan fingerprint density at radius 3 is 2.84 bits per heavy atom. The van der Waals surface area contributed by atoms with Crippen molar-refractivity contribution in [2.24, 2.45) is 23.6 Å². The molecule has 0 bridgehead atoms. The Bertz CT molecular complexity index is 466. The van der Waals surface area contributed by atoms with E-state index in [1.165, 1.54) is 38.5 Å². The standard InChI is InChI=1S/C17H24N2/c18-19-15(10-7-11-5-6-11)17-14-9-8-12-3-1-2-4-13(12)16(14)17/h1-4,11,14-17,19H,5-10,18H2. The second-order valence-corrected chi connectivity index (χ2v) is 6.80. The summed E-state index contributed by atoms with van der Waals surface area (Å²) in [5, 5.41) is 0. The predicted octanol–water partition coefficient (Wildman–Crippen LogP) is 2.98. The molecule has 2 nitrogen and oxygen atoms in total. The van der Waals surface area contributed by atoms with E-state index in [-0.39, 0.29) is 0 Å². The van der Waals surface area contributed by atoms with Crippen LogP contribution in [0.3, 0.4) is 0 Å². The molecule has 1 aromatic carbocycles. The number of nitrogens with two attached hydrogens (primary N) is 1. The topological polar surface area (TPSA) is 38.0 Å². The van der Waals surface area contributed by atoms with Crippen LogP contribution >= 0.6 is 0 Å². The van der Waals surface area contributed by atoms with Crippen molar-refractivity contribution >= 4 is 0 Å². The minimum Gasteiger partial charge on any atom is -0.271 e. The summed E-state index contributed by atoms with van der Waals surface area (Å²) in [4.78, 5) is 0. The molecule has 0 spiro atoms. The van der Waals surface area contributed by atoms with Crippen molar-refractivity contribution in [1.29, 1.82) is 0 Å². The fraction of sp³-hybridized carbons (Fsp3) is 0.647. The van der Waals surface area contributed by atoms with Crippen LogP contribution in [0.1, 0.15) is 49.1 Å². The summed E-state index contributed by atoms with van der Waals surface area (Å²) in [5.41, 5.74) is 6.34. The molecule has 3 aliphatic rings. The first-order chi connectivity index (χ1) is 9.38. The summed E-state index contributed by atoms with van der Waals surface area (Å²) in [5.74, 6) is 9.36. The van der Waals surface area contributed by atoms with Crippen molar-refractivity contribution in [2.45, 2.75) is 50.5 Å². The van der Waals surface area contributed by atoms with Gasteiger partial charge in [0.05, 0.1) is 0 Å². The van der Waals surface area contributed by atoms with Gasteiger partial charge in [-0.1, -0.05) is 37.1 Å². The van der Waals surface area contributed by atoms with E-state index < -0.39 is 0 Å². The minimum absolute atomic E-state index is 0.543. The van der Waals surface area contributed by atoms with Crippen LogP contribution in [-0.2, 0) is 6.42 Å². The van der Waals surface area contributed by atoms with Gasteiger partial charge in [-0.3, -0.25) is 11.3 Å². The molecule has 2 heteroatoms. The molecule has 0 radical (unpaired) electrons. The monoisotopic (exact) mass is 256 g/mol. The molecule has 2 saturated carbocycles. The summed E-state index contributed by atoms with van der Waals surface area (Å²) in [6, 6.07) is 9.59. The molecular formula is C17H24N2. The predicted molar refractivity (Wildman–Crippen MR) is 77.6 cm³/mol. The quantitative estimate of drug-likeness (QED) is 0.628. The maximum atomic E-state index is 5.84. The SMILES string of the molecule is NNC(CCC1CC1)C1C2CCc3ccccc3C21. The lowest BCUT2D eigenvalue weighted by Crippen LogP contribution is -2.37. The second-order valence-electron chi connectivity index (χ2n) is 6.80. The van der Waals surface area contributed by atoms with Gasteiger partial charge < -0.3 is 0 Å². The Balaban J connectivity index is 1.48. The Labute approximate surface area is 115 Å². The van der Waals surface area contributed by atoms with Crippen molar-refractivity contribution < 1.29 is 0 Å². The van der Waals surface area contributed by atoms with Crippen molar-refractivity contribution in [3.8, 4) is 0 Å². The third-order valence-corrected chi connectivity index (χ3v) is 5.65. The van der Waals surface area contributed by atoms with Crippen molar-refractivity contribution in [3.05, 3.63) is 35.4 Å². The van der Waals surface area contributed by atoms with Crippen LogP contribution in [-0.4, -0.2) is 6.04 Å². The number of nitrogens with one attached hydrogen (secondary N) is 1. The molecule has 0 aromatic heterocycles. The molecule has 0 amide bonds. The van der Waals surface area contributed by atoms with E-state index >= 15 is 0 Å². The molecule has 4 atom stereocenters. The number of hydrogen-bond donors (Lipinski definition) is 2. The first-order valence-corrected chi connectivity index (χ1v) is 7.92. The number of rotatable bonds is 5. The van der Waals surface area contributed by atoms with E-state index in [0.717, 1.165) is 23.7 Å². The first kappa shape index (κ1) is 11.9. The Morgan fingerprint density at radius 1 is 1.21 bits per heavy atom. The highest BCUT2D eigenvalue weighted by Gasteiger charge is 2.55. The smallest absolute Gasteiger partial charge is 0.0247 e. The maximum Gasteiger partial charge on any atom is 0.0247 e. The van der Waals surface area contributed by atoms with E-state index in [1.54, 1.807) is 11.1 Å². The average molecular weight is 256 g/mol. The van der Waals surface area contributed by atoms with E-state index in [1.807, 2.05) is 0 Å². The Hall–Kier alpha value is -0.860. The fourth-order valence-electron chi connectivity index (χ4n) is 4.38.